The first-order valence-corrected chi connectivity index (χ1v) is 13.9. The van der Waals surface area contributed by atoms with Gasteiger partial charge in [0, 0.05) is 28.9 Å². The van der Waals surface area contributed by atoms with Gasteiger partial charge in [0.05, 0.1) is 39.5 Å². The van der Waals surface area contributed by atoms with Crippen molar-refractivity contribution in [2.45, 2.75) is 0 Å². The monoisotopic (exact) mass is 553 g/mol. The highest BCUT2D eigenvalue weighted by atomic mass is 16.5. The zero-order chi connectivity index (χ0) is 29.0. The van der Waals surface area contributed by atoms with E-state index >= 15 is 0 Å². The van der Waals surface area contributed by atoms with Crippen LogP contribution in [0.3, 0.4) is 0 Å². The van der Waals surface area contributed by atoms with Crippen LogP contribution in [0.15, 0.2) is 97.1 Å². The second kappa shape index (κ2) is 10.0. The van der Waals surface area contributed by atoms with Gasteiger partial charge in [-0.25, -0.2) is 0 Å². The van der Waals surface area contributed by atoms with Crippen LogP contribution in [0.2, 0.25) is 0 Å². The average Bonchev–Trinajstić information content (AvgIpc) is 3.37. The van der Waals surface area contributed by atoms with Crippen LogP contribution in [0.4, 0.5) is 0 Å². The molecule has 0 unspecified atom stereocenters. The number of hydrogen-bond acceptors (Lipinski definition) is 4. The summed E-state index contributed by atoms with van der Waals surface area (Å²) in [4.78, 5) is 0. The summed E-state index contributed by atoms with van der Waals surface area (Å²) in [6.07, 6.45) is 0. The van der Waals surface area contributed by atoms with Gasteiger partial charge in [-0.2, -0.15) is 0 Å². The van der Waals surface area contributed by atoms with Gasteiger partial charge in [-0.15, -0.1) is 0 Å². The van der Waals surface area contributed by atoms with Gasteiger partial charge in [-0.3, -0.25) is 0 Å². The Kier molecular flexibility index (Phi) is 6.16. The highest BCUT2D eigenvalue weighted by Crippen LogP contribution is 2.47. The number of hydrogen-bond donors (Lipinski definition) is 0. The predicted molar refractivity (Wildman–Crippen MR) is 173 cm³/mol. The van der Waals surface area contributed by atoms with E-state index < -0.39 is 0 Å². The lowest BCUT2D eigenvalue weighted by molar-refractivity contribution is 0.415. The van der Waals surface area contributed by atoms with E-state index in [0.29, 0.717) is 0 Å². The maximum atomic E-state index is 5.72. The fourth-order valence-electron chi connectivity index (χ4n) is 6.28. The Hall–Kier alpha value is -5.16. The quantitative estimate of drug-likeness (QED) is 0.206. The number of benzene rings is 6. The highest BCUT2D eigenvalue weighted by molar-refractivity contribution is 6.32. The molecule has 208 valence electrons. The van der Waals surface area contributed by atoms with Crippen LogP contribution in [0.1, 0.15) is 0 Å². The molecule has 0 saturated carbocycles. The van der Waals surface area contributed by atoms with E-state index in [2.05, 4.69) is 72.3 Å². The van der Waals surface area contributed by atoms with Crippen LogP contribution in [0.25, 0.3) is 65.6 Å². The third-order valence-electron chi connectivity index (χ3n) is 8.37. The van der Waals surface area contributed by atoms with Crippen molar-refractivity contribution in [2.75, 3.05) is 28.4 Å². The largest absolute Gasteiger partial charge is 0.497 e. The molecule has 0 N–H and O–H groups in total. The van der Waals surface area contributed by atoms with Gasteiger partial charge < -0.3 is 23.5 Å². The fourth-order valence-corrected chi connectivity index (χ4v) is 6.28. The third kappa shape index (κ3) is 3.92. The van der Waals surface area contributed by atoms with Crippen LogP contribution in [-0.2, 0) is 7.05 Å². The molecular formula is C37H31NO4. The van der Waals surface area contributed by atoms with Crippen LogP contribution in [0.5, 0.6) is 23.0 Å². The summed E-state index contributed by atoms with van der Waals surface area (Å²) in [5.41, 5.74) is 6.86. The number of aryl methyl sites for hydroxylation is 1. The molecule has 1 heterocycles. The number of rotatable bonds is 6. The Morgan fingerprint density at radius 1 is 0.429 bits per heavy atom. The number of methoxy groups -OCH3 is 4. The topological polar surface area (TPSA) is 41.9 Å². The molecule has 6 aromatic carbocycles. The standard InChI is InChI=1S/C37H31NO4/c1-38-36-32(22-6-12-26(39-2)13-7-22)18-24-10-16-28(41-4)20-30(24)34(36)35-31-21-29(42-5)17-11-25(31)19-33(37(35)38)23-8-14-27(40-3)15-9-23/h6-21H,1-5H3. The summed E-state index contributed by atoms with van der Waals surface area (Å²) in [6, 6.07) is 33.8. The first kappa shape index (κ1) is 25.8. The van der Waals surface area contributed by atoms with Crippen molar-refractivity contribution >= 4 is 43.4 Å². The zero-order valence-corrected chi connectivity index (χ0v) is 24.3. The molecule has 0 aliphatic heterocycles. The maximum Gasteiger partial charge on any atom is 0.119 e. The van der Waals surface area contributed by atoms with E-state index in [1.165, 1.54) is 10.8 Å². The third-order valence-corrected chi connectivity index (χ3v) is 8.37. The van der Waals surface area contributed by atoms with E-state index in [-0.39, 0.29) is 0 Å². The van der Waals surface area contributed by atoms with Gasteiger partial charge in [-0.05, 0) is 93.3 Å². The number of fused-ring (bicyclic) bond motifs is 7. The van der Waals surface area contributed by atoms with Gasteiger partial charge in [0.15, 0.2) is 0 Å². The molecule has 5 heteroatoms. The minimum atomic E-state index is 0.825. The van der Waals surface area contributed by atoms with Crippen LogP contribution >= 0.6 is 0 Å². The molecule has 0 spiro atoms. The van der Waals surface area contributed by atoms with Crippen molar-refractivity contribution in [3.05, 3.63) is 97.1 Å². The zero-order valence-electron chi connectivity index (χ0n) is 24.3. The fraction of sp³-hybridized carbons (Fsp3) is 0.135. The lowest BCUT2D eigenvalue weighted by Gasteiger charge is -2.12. The Bertz CT molecular complexity index is 1970. The van der Waals surface area contributed by atoms with Gasteiger partial charge in [0.1, 0.15) is 23.0 Å². The molecule has 42 heavy (non-hydrogen) atoms. The smallest absolute Gasteiger partial charge is 0.119 e. The van der Waals surface area contributed by atoms with Crippen LogP contribution < -0.4 is 18.9 Å². The molecule has 7 rings (SSSR count). The second-order valence-corrected chi connectivity index (χ2v) is 10.5. The lowest BCUT2D eigenvalue weighted by atomic mass is 9.92. The van der Waals surface area contributed by atoms with Crippen LogP contribution in [0, 0.1) is 0 Å². The summed E-state index contributed by atoms with van der Waals surface area (Å²) < 4.78 is 24.7. The Balaban J connectivity index is 1.72. The average molecular weight is 554 g/mol. The predicted octanol–water partition coefficient (Wildman–Crippen LogP) is 9.01. The SMILES string of the molecule is COc1ccc(-c2cc3ccc(OC)cc3c3c4c5cc(OC)ccc5cc(-c5ccc(OC)cc5)c4n(C)c23)cc1. The van der Waals surface area contributed by atoms with E-state index in [1.807, 2.05) is 36.4 Å². The molecular weight excluding hydrogens is 522 g/mol. The molecule has 7 aromatic rings. The van der Waals surface area contributed by atoms with E-state index in [9.17, 15) is 0 Å². The van der Waals surface area contributed by atoms with Crippen molar-refractivity contribution in [3.63, 3.8) is 0 Å². The molecule has 0 bridgehead atoms. The van der Waals surface area contributed by atoms with E-state index in [1.54, 1.807) is 28.4 Å². The van der Waals surface area contributed by atoms with Gasteiger partial charge in [-0.1, -0.05) is 36.4 Å². The van der Waals surface area contributed by atoms with Gasteiger partial charge in [0.25, 0.3) is 0 Å². The summed E-state index contributed by atoms with van der Waals surface area (Å²) in [6.45, 7) is 0. The number of nitrogens with zero attached hydrogens (tertiary/aromatic N) is 1. The Morgan fingerprint density at radius 2 is 0.786 bits per heavy atom. The minimum Gasteiger partial charge on any atom is -0.497 e. The van der Waals surface area contributed by atoms with Crippen molar-refractivity contribution < 1.29 is 18.9 Å². The Morgan fingerprint density at radius 3 is 1.14 bits per heavy atom. The molecule has 0 aliphatic rings. The molecule has 0 atom stereocenters. The van der Waals surface area contributed by atoms with Gasteiger partial charge in [0.2, 0.25) is 0 Å². The minimum absolute atomic E-state index is 0.825. The van der Waals surface area contributed by atoms with E-state index in [0.717, 1.165) is 77.8 Å². The molecule has 0 aliphatic carbocycles. The summed E-state index contributed by atoms with van der Waals surface area (Å²) in [5.74, 6) is 3.31. The molecule has 1 aromatic heterocycles. The normalized spacial score (nSPS) is 11.5. The van der Waals surface area contributed by atoms with E-state index in [4.69, 9.17) is 18.9 Å². The van der Waals surface area contributed by atoms with Crippen molar-refractivity contribution in [2.24, 2.45) is 7.05 Å². The molecule has 0 fully saturated rings. The summed E-state index contributed by atoms with van der Waals surface area (Å²) >= 11 is 0. The summed E-state index contributed by atoms with van der Waals surface area (Å²) in [5, 5.41) is 6.94. The number of ether oxygens (including phenoxy) is 4. The molecule has 0 radical (unpaired) electrons. The lowest BCUT2D eigenvalue weighted by Crippen LogP contribution is -1.94. The molecule has 5 nitrogen and oxygen atoms in total. The van der Waals surface area contributed by atoms with Gasteiger partial charge >= 0.3 is 0 Å². The first-order chi connectivity index (χ1) is 20.5. The summed E-state index contributed by atoms with van der Waals surface area (Å²) in [7, 11) is 8.99. The first-order valence-electron chi connectivity index (χ1n) is 13.9. The van der Waals surface area contributed by atoms with Crippen molar-refractivity contribution in [3.8, 4) is 45.3 Å². The van der Waals surface area contributed by atoms with Crippen LogP contribution in [-0.4, -0.2) is 33.0 Å². The van der Waals surface area contributed by atoms with Crippen molar-refractivity contribution in [1.29, 1.82) is 0 Å². The van der Waals surface area contributed by atoms with Crippen molar-refractivity contribution in [1.82, 2.24) is 4.57 Å². The highest BCUT2D eigenvalue weighted by Gasteiger charge is 2.22. The second-order valence-electron chi connectivity index (χ2n) is 10.5. The Labute approximate surface area is 244 Å². The maximum absolute atomic E-state index is 5.72. The number of aromatic nitrogens is 1. The molecule has 0 amide bonds. The molecule has 0 saturated heterocycles.